The molecule has 21 heavy (non-hydrogen) atoms. The van der Waals surface area contributed by atoms with Gasteiger partial charge in [-0.25, -0.2) is 0 Å². The lowest BCUT2D eigenvalue weighted by atomic mass is 10.2. The van der Waals surface area contributed by atoms with Gasteiger partial charge in [0.15, 0.2) is 0 Å². The zero-order valence-corrected chi connectivity index (χ0v) is 14.7. The summed E-state index contributed by atoms with van der Waals surface area (Å²) < 4.78 is 0. The fraction of sp³-hybridized carbons (Fsp3) is 0.375. The SMILES string of the molecule is CN(C)CCN(Cc1cccs1)Cc1ccc(Cl)cc1Cl. The third kappa shape index (κ3) is 5.61. The molecule has 0 unspecified atom stereocenters. The summed E-state index contributed by atoms with van der Waals surface area (Å²) in [6.45, 7) is 3.81. The Bertz CT molecular complexity index is 555. The van der Waals surface area contributed by atoms with Crippen molar-refractivity contribution in [1.82, 2.24) is 9.80 Å². The maximum Gasteiger partial charge on any atom is 0.0465 e. The van der Waals surface area contributed by atoms with Crippen LogP contribution in [0.4, 0.5) is 0 Å². The zero-order chi connectivity index (χ0) is 15.2. The quantitative estimate of drug-likeness (QED) is 0.724. The molecule has 1 aromatic carbocycles. The molecule has 0 spiro atoms. The molecule has 2 rings (SSSR count). The van der Waals surface area contributed by atoms with E-state index in [0.29, 0.717) is 5.02 Å². The summed E-state index contributed by atoms with van der Waals surface area (Å²) in [5, 5.41) is 3.54. The van der Waals surface area contributed by atoms with Crippen LogP contribution in [0.5, 0.6) is 0 Å². The first-order valence-corrected chi connectivity index (χ1v) is 8.51. The van der Waals surface area contributed by atoms with Gasteiger partial charge in [-0.2, -0.15) is 0 Å². The Hall–Kier alpha value is -0.580. The normalized spacial score (nSPS) is 11.5. The Morgan fingerprint density at radius 3 is 2.48 bits per heavy atom. The van der Waals surface area contributed by atoms with Crippen LogP contribution in [0.3, 0.4) is 0 Å². The summed E-state index contributed by atoms with van der Waals surface area (Å²) >= 11 is 14.1. The standard InChI is InChI=1S/C16H20Cl2N2S/c1-19(2)7-8-20(12-15-4-3-9-21-15)11-13-5-6-14(17)10-16(13)18/h3-6,9-10H,7-8,11-12H2,1-2H3. The van der Waals surface area contributed by atoms with Gasteiger partial charge in [-0.1, -0.05) is 35.3 Å². The van der Waals surface area contributed by atoms with Gasteiger partial charge in [0, 0.05) is 41.1 Å². The van der Waals surface area contributed by atoms with Gasteiger partial charge in [0.1, 0.15) is 0 Å². The van der Waals surface area contributed by atoms with Crippen molar-refractivity contribution in [2.24, 2.45) is 0 Å². The number of halogens is 2. The summed E-state index contributed by atoms with van der Waals surface area (Å²) in [5.74, 6) is 0. The number of likely N-dealkylation sites (N-methyl/N-ethyl adjacent to an activating group) is 1. The van der Waals surface area contributed by atoms with Crippen LogP contribution in [0.15, 0.2) is 35.7 Å². The van der Waals surface area contributed by atoms with E-state index >= 15 is 0 Å². The summed E-state index contributed by atoms with van der Waals surface area (Å²) in [7, 11) is 4.19. The number of rotatable bonds is 7. The second-order valence-corrected chi connectivity index (χ2v) is 7.20. The number of thiophene rings is 1. The monoisotopic (exact) mass is 342 g/mol. The lowest BCUT2D eigenvalue weighted by molar-refractivity contribution is 0.228. The second kappa shape index (κ2) is 8.16. The van der Waals surface area contributed by atoms with Gasteiger partial charge < -0.3 is 4.90 Å². The minimum absolute atomic E-state index is 0.682. The van der Waals surface area contributed by atoms with E-state index in [9.17, 15) is 0 Å². The van der Waals surface area contributed by atoms with Crippen molar-refractivity contribution in [3.05, 3.63) is 56.2 Å². The highest BCUT2D eigenvalue weighted by molar-refractivity contribution is 7.09. The number of benzene rings is 1. The molecule has 0 N–H and O–H groups in total. The fourth-order valence-corrected chi connectivity index (χ4v) is 3.28. The third-order valence-corrected chi connectivity index (χ3v) is 4.68. The van der Waals surface area contributed by atoms with Gasteiger partial charge in [-0.3, -0.25) is 4.90 Å². The Morgan fingerprint density at radius 1 is 1.05 bits per heavy atom. The minimum Gasteiger partial charge on any atom is -0.308 e. The molecule has 114 valence electrons. The van der Waals surface area contributed by atoms with Gasteiger partial charge in [0.25, 0.3) is 0 Å². The van der Waals surface area contributed by atoms with Crippen molar-refractivity contribution >= 4 is 34.5 Å². The molecule has 2 nitrogen and oxygen atoms in total. The Morgan fingerprint density at radius 2 is 1.86 bits per heavy atom. The maximum atomic E-state index is 6.30. The van der Waals surface area contributed by atoms with E-state index in [4.69, 9.17) is 23.2 Å². The van der Waals surface area contributed by atoms with Crippen molar-refractivity contribution in [3.63, 3.8) is 0 Å². The molecular weight excluding hydrogens is 323 g/mol. The molecule has 1 heterocycles. The van der Waals surface area contributed by atoms with E-state index in [2.05, 4.69) is 41.4 Å². The lowest BCUT2D eigenvalue weighted by Gasteiger charge is -2.24. The number of nitrogens with zero attached hydrogens (tertiary/aromatic N) is 2. The molecule has 0 amide bonds. The lowest BCUT2D eigenvalue weighted by Crippen LogP contribution is -2.31. The Balaban J connectivity index is 2.06. The van der Waals surface area contributed by atoms with Crippen molar-refractivity contribution in [2.45, 2.75) is 13.1 Å². The average molecular weight is 343 g/mol. The van der Waals surface area contributed by atoms with Crippen LogP contribution in [0.2, 0.25) is 10.0 Å². The van der Waals surface area contributed by atoms with Crippen molar-refractivity contribution in [2.75, 3.05) is 27.2 Å². The van der Waals surface area contributed by atoms with E-state index in [1.165, 1.54) is 4.88 Å². The fourth-order valence-electron chi connectivity index (χ4n) is 2.07. The number of hydrogen-bond donors (Lipinski definition) is 0. The first-order valence-electron chi connectivity index (χ1n) is 6.88. The predicted octanol–water partition coefficient (Wildman–Crippen LogP) is 4.62. The summed E-state index contributed by atoms with van der Waals surface area (Å²) in [6, 6.07) is 10.0. The van der Waals surface area contributed by atoms with Crippen LogP contribution >= 0.6 is 34.5 Å². The zero-order valence-electron chi connectivity index (χ0n) is 12.4. The van der Waals surface area contributed by atoms with Gasteiger partial charge in [-0.15, -0.1) is 11.3 Å². The molecular formula is C16H20Cl2N2S. The van der Waals surface area contributed by atoms with Crippen LogP contribution in [0, 0.1) is 0 Å². The molecule has 0 radical (unpaired) electrons. The van der Waals surface area contributed by atoms with Crippen LogP contribution in [0.1, 0.15) is 10.4 Å². The Kier molecular flexibility index (Phi) is 6.52. The highest BCUT2D eigenvalue weighted by Crippen LogP contribution is 2.23. The highest BCUT2D eigenvalue weighted by Gasteiger charge is 2.11. The number of hydrogen-bond acceptors (Lipinski definition) is 3. The molecule has 0 aliphatic carbocycles. The van der Waals surface area contributed by atoms with Crippen LogP contribution < -0.4 is 0 Å². The molecule has 2 aromatic rings. The average Bonchev–Trinajstić information content (AvgIpc) is 2.92. The van der Waals surface area contributed by atoms with Crippen LogP contribution in [0.25, 0.3) is 0 Å². The van der Waals surface area contributed by atoms with Gasteiger partial charge in [-0.05, 0) is 43.2 Å². The van der Waals surface area contributed by atoms with Gasteiger partial charge in [0.05, 0.1) is 0 Å². The van der Waals surface area contributed by atoms with Crippen LogP contribution in [-0.2, 0) is 13.1 Å². The van der Waals surface area contributed by atoms with E-state index in [-0.39, 0.29) is 0 Å². The minimum atomic E-state index is 0.682. The molecule has 0 aliphatic heterocycles. The molecule has 5 heteroatoms. The van der Waals surface area contributed by atoms with E-state index in [0.717, 1.165) is 36.8 Å². The van der Waals surface area contributed by atoms with E-state index in [1.54, 1.807) is 11.3 Å². The first-order chi connectivity index (χ1) is 10.0. The van der Waals surface area contributed by atoms with Crippen molar-refractivity contribution in [3.8, 4) is 0 Å². The smallest absolute Gasteiger partial charge is 0.0465 e. The maximum absolute atomic E-state index is 6.30. The molecule has 0 saturated heterocycles. The summed E-state index contributed by atoms with van der Waals surface area (Å²) in [5.41, 5.74) is 1.12. The predicted molar refractivity (Wildman–Crippen MR) is 93.4 cm³/mol. The van der Waals surface area contributed by atoms with Gasteiger partial charge in [0.2, 0.25) is 0 Å². The second-order valence-electron chi connectivity index (χ2n) is 5.33. The third-order valence-electron chi connectivity index (χ3n) is 3.23. The summed E-state index contributed by atoms with van der Waals surface area (Å²) in [6.07, 6.45) is 0. The largest absolute Gasteiger partial charge is 0.308 e. The van der Waals surface area contributed by atoms with Gasteiger partial charge >= 0.3 is 0 Å². The van der Waals surface area contributed by atoms with E-state index < -0.39 is 0 Å². The van der Waals surface area contributed by atoms with E-state index in [1.807, 2.05) is 18.2 Å². The molecule has 0 fully saturated rings. The first kappa shape index (κ1) is 16.8. The molecule has 0 atom stereocenters. The molecule has 1 aromatic heterocycles. The molecule has 0 saturated carbocycles. The Labute approximate surface area is 140 Å². The molecule has 0 bridgehead atoms. The van der Waals surface area contributed by atoms with Crippen LogP contribution in [-0.4, -0.2) is 37.0 Å². The van der Waals surface area contributed by atoms with Crippen molar-refractivity contribution < 1.29 is 0 Å². The van der Waals surface area contributed by atoms with Crippen molar-refractivity contribution in [1.29, 1.82) is 0 Å². The molecule has 0 aliphatic rings. The summed E-state index contributed by atoms with van der Waals surface area (Å²) in [4.78, 5) is 5.99. The topological polar surface area (TPSA) is 6.48 Å². The highest BCUT2D eigenvalue weighted by atomic mass is 35.5.